The number of hydrogen-bond acceptors (Lipinski definition) is 2. The summed E-state index contributed by atoms with van der Waals surface area (Å²) in [6.45, 7) is 0. The Morgan fingerprint density at radius 1 is 0.909 bits per heavy atom. The zero-order valence-electron chi connectivity index (χ0n) is 11.7. The average molecular weight is 335 g/mol. The molecule has 0 aliphatic carbocycles. The van der Waals surface area contributed by atoms with Gasteiger partial charge in [-0.25, -0.2) is 4.79 Å². The van der Waals surface area contributed by atoms with Gasteiger partial charge in [0.2, 0.25) is 0 Å². The van der Waals surface area contributed by atoms with Crippen molar-refractivity contribution >= 4 is 23.2 Å². The number of ether oxygens (including phenoxy) is 1. The lowest BCUT2D eigenvalue weighted by molar-refractivity contribution is 0.482. The molecule has 22 heavy (non-hydrogen) atoms. The van der Waals surface area contributed by atoms with Crippen LogP contribution in [-0.2, 0) is 7.05 Å². The topological polar surface area (TPSA) is 36.2 Å². The average Bonchev–Trinajstić information content (AvgIpc) is 2.84. The lowest BCUT2D eigenvalue weighted by Gasteiger charge is -2.08. The van der Waals surface area contributed by atoms with Crippen molar-refractivity contribution in [3.63, 3.8) is 0 Å². The lowest BCUT2D eigenvalue weighted by atomic mass is 10.3. The molecule has 1 aromatic heterocycles. The molecular weight excluding hydrogens is 323 g/mol. The highest BCUT2D eigenvalue weighted by Crippen LogP contribution is 2.29. The third-order valence-electron chi connectivity index (χ3n) is 3.19. The minimum absolute atomic E-state index is 0.0989. The van der Waals surface area contributed by atoms with E-state index < -0.39 is 0 Å². The van der Waals surface area contributed by atoms with Crippen molar-refractivity contribution in [2.75, 3.05) is 0 Å². The van der Waals surface area contributed by atoms with Crippen LogP contribution in [0.5, 0.6) is 11.5 Å². The Morgan fingerprint density at radius 3 is 2.18 bits per heavy atom. The van der Waals surface area contributed by atoms with Crippen molar-refractivity contribution in [3.05, 3.63) is 75.4 Å². The Kier molecular flexibility index (Phi) is 3.96. The molecule has 0 radical (unpaired) electrons. The minimum Gasteiger partial charge on any atom is -0.457 e. The SMILES string of the molecule is Cn1ccn(-c2ccc(Oc3ccc(Cl)c(Cl)c3)cc2)c1=O. The number of imidazole rings is 1. The van der Waals surface area contributed by atoms with E-state index in [1.54, 1.807) is 54.3 Å². The third-order valence-corrected chi connectivity index (χ3v) is 3.93. The minimum atomic E-state index is -0.0989. The first kappa shape index (κ1) is 14.8. The lowest BCUT2D eigenvalue weighted by Crippen LogP contribution is -2.20. The monoisotopic (exact) mass is 334 g/mol. The molecule has 0 spiro atoms. The number of halogens is 2. The molecular formula is C16H12Cl2N2O2. The van der Waals surface area contributed by atoms with Crippen LogP contribution in [0.1, 0.15) is 0 Å². The van der Waals surface area contributed by atoms with Crippen LogP contribution in [-0.4, -0.2) is 9.13 Å². The van der Waals surface area contributed by atoms with Gasteiger partial charge in [-0.2, -0.15) is 0 Å². The van der Waals surface area contributed by atoms with Gasteiger partial charge >= 0.3 is 5.69 Å². The van der Waals surface area contributed by atoms with Crippen LogP contribution < -0.4 is 10.4 Å². The van der Waals surface area contributed by atoms with Crippen molar-refractivity contribution in [2.24, 2.45) is 7.05 Å². The van der Waals surface area contributed by atoms with E-state index in [1.807, 2.05) is 12.1 Å². The molecule has 0 bridgehead atoms. The normalized spacial score (nSPS) is 10.7. The van der Waals surface area contributed by atoms with Crippen LogP contribution in [0.2, 0.25) is 10.0 Å². The molecule has 6 heteroatoms. The van der Waals surface area contributed by atoms with Crippen molar-refractivity contribution in [3.8, 4) is 17.2 Å². The van der Waals surface area contributed by atoms with Gasteiger partial charge in [-0.1, -0.05) is 23.2 Å². The summed E-state index contributed by atoms with van der Waals surface area (Å²) in [5.41, 5.74) is 0.672. The van der Waals surface area contributed by atoms with Gasteiger partial charge in [-0.05, 0) is 36.4 Å². The third kappa shape index (κ3) is 2.89. The molecule has 3 rings (SSSR count). The molecule has 0 N–H and O–H groups in total. The van der Waals surface area contributed by atoms with Crippen molar-refractivity contribution in [1.29, 1.82) is 0 Å². The maximum Gasteiger partial charge on any atom is 0.332 e. The predicted octanol–water partition coefficient (Wildman–Crippen LogP) is 4.28. The van der Waals surface area contributed by atoms with Gasteiger partial charge in [0.15, 0.2) is 0 Å². The van der Waals surface area contributed by atoms with Crippen molar-refractivity contribution in [2.45, 2.75) is 0 Å². The second-order valence-corrected chi connectivity index (χ2v) is 5.55. The van der Waals surface area contributed by atoms with E-state index in [0.29, 0.717) is 21.5 Å². The smallest absolute Gasteiger partial charge is 0.332 e. The summed E-state index contributed by atoms with van der Waals surface area (Å²) >= 11 is 11.8. The summed E-state index contributed by atoms with van der Waals surface area (Å²) in [5, 5.41) is 0.916. The molecule has 0 aliphatic rings. The summed E-state index contributed by atoms with van der Waals surface area (Å²) in [6.07, 6.45) is 3.43. The Hall–Kier alpha value is -2.17. The van der Waals surface area contributed by atoms with Crippen LogP contribution in [0.25, 0.3) is 5.69 Å². The van der Waals surface area contributed by atoms with Crippen LogP contribution in [0.3, 0.4) is 0 Å². The quantitative estimate of drug-likeness (QED) is 0.716. The highest BCUT2D eigenvalue weighted by Gasteiger charge is 2.05. The standard InChI is InChI=1S/C16H12Cl2N2O2/c1-19-8-9-20(16(19)21)11-2-4-12(5-3-11)22-13-6-7-14(17)15(18)10-13/h2-10H,1H3. The Morgan fingerprint density at radius 2 is 1.59 bits per heavy atom. The van der Waals surface area contributed by atoms with Crippen LogP contribution in [0.4, 0.5) is 0 Å². The van der Waals surface area contributed by atoms with Crippen LogP contribution in [0.15, 0.2) is 59.7 Å². The van der Waals surface area contributed by atoms with E-state index >= 15 is 0 Å². The largest absolute Gasteiger partial charge is 0.457 e. The summed E-state index contributed by atoms with van der Waals surface area (Å²) < 4.78 is 8.78. The van der Waals surface area contributed by atoms with Gasteiger partial charge in [0, 0.05) is 25.5 Å². The maximum absolute atomic E-state index is 11.9. The van der Waals surface area contributed by atoms with Crippen LogP contribution >= 0.6 is 23.2 Å². The molecule has 3 aromatic rings. The number of hydrogen-bond donors (Lipinski definition) is 0. The number of rotatable bonds is 3. The first-order chi connectivity index (χ1) is 10.5. The molecule has 0 saturated carbocycles. The summed E-state index contributed by atoms with van der Waals surface area (Å²) in [4.78, 5) is 11.9. The summed E-state index contributed by atoms with van der Waals surface area (Å²) in [7, 11) is 1.71. The van der Waals surface area contributed by atoms with Gasteiger partial charge in [0.1, 0.15) is 11.5 Å². The second kappa shape index (κ2) is 5.91. The zero-order valence-corrected chi connectivity index (χ0v) is 13.2. The summed E-state index contributed by atoms with van der Waals surface area (Å²) in [5.74, 6) is 1.24. The molecule has 4 nitrogen and oxygen atoms in total. The first-order valence-corrected chi connectivity index (χ1v) is 7.27. The van der Waals surface area contributed by atoms with Gasteiger partial charge < -0.3 is 9.30 Å². The van der Waals surface area contributed by atoms with Crippen molar-refractivity contribution < 1.29 is 4.74 Å². The second-order valence-electron chi connectivity index (χ2n) is 4.73. The van der Waals surface area contributed by atoms with E-state index in [4.69, 9.17) is 27.9 Å². The molecule has 1 heterocycles. The Balaban J connectivity index is 1.84. The highest BCUT2D eigenvalue weighted by atomic mass is 35.5. The molecule has 2 aromatic carbocycles. The van der Waals surface area contributed by atoms with Gasteiger partial charge in [0.25, 0.3) is 0 Å². The fraction of sp³-hybridized carbons (Fsp3) is 0.0625. The number of benzene rings is 2. The molecule has 112 valence electrons. The fourth-order valence-electron chi connectivity index (χ4n) is 2.01. The fourth-order valence-corrected chi connectivity index (χ4v) is 2.30. The van der Waals surface area contributed by atoms with E-state index in [2.05, 4.69) is 0 Å². The molecule has 0 amide bonds. The molecule has 0 aliphatic heterocycles. The van der Waals surface area contributed by atoms with Crippen LogP contribution in [0, 0.1) is 0 Å². The van der Waals surface area contributed by atoms with E-state index in [1.165, 1.54) is 4.57 Å². The summed E-state index contributed by atoms with van der Waals surface area (Å²) in [6, 6.07) is 12.3. The number of nitrogens with zero attached hydrogens (tertiary/aromatic N) is 2. The molecule has 0 unspecified atom stereocenters. The number of aryl methyl sites for hydroxylation is 1. The predicted molar refractivity (Wildman–Crippen MR) is 87.5 cm³/mol. The Labute approximate surface area is 137 Å². The van der Waals surface area contributed by atoms with Gasteiger partial charge in [-0.15, -0.1) is 0 Å². The maximum atomic E-state index is 11.9. The molecule has 0 fully saturated rings. The molecule has 0 saturated heterocycles. The van der Waals surface area contributed by atoms with E-state index in [-0.39, 0.29) is 5.69 Å². The van der Waals surface area contributed by atoms with Gasteiger partial charge in [-0.3, -0.25) is 4.57 Å². The van der Waals surface area contributed by atoms with Crippen molar-refractivity contribution in [1.82, 2.24) is 9.13 Å². The Bertz CT molecular complexity index is 867. The zero-order chi connectivity index (χ0) is 15.7. The van der Waals surface area contributed by atoms with E-state index in [9.17, 15) is 4.79 Å². The number of aromatic nitrogens is 2. The van der Waals surface area contributed by atoms with Gasteiger partial charge in [0.05, 0.1) is 15.7 Å². The van der Waals surface area contributed by atoms with E-state index in [0.717, 1.165) is 5.69 Å². The first-order valence-electron chi connectivity index (χ1n) is 6.52. The highest BCUT2D eigenvalue weighted by molar-refractivity contribution is 6.42. The molecule has 0 atom stereocenters.